The van der Waals surface area contributed by atoms with Crippen LogP contribution >= 0.6 is 0 Å². The molecule has 0 aliphatic heterocycles. The molecule has 3 aromatic carbocycles. The number of benzene rings is 3. The first-order valence-corrected chi connectivity index (χ1v) is 9.71. The molecule has 154 valence electrons. The molecule has 2 atom stereocenters. The molecule has 1 aliphatic carbocycles. The molecule has 4 rings (SSSR count). The maximum absolute atomic E-state index is 15.5. The highest BCUT2D eigenvalue weighted by Crippen LogP contribution is 2.42. The molecule has 0 saturated heterocycles. The largest absolute Gasteiger partial charge is 0.573 e. The molecule has 1 aliphatic rings. The Labute approximate surface area is 172 Å². The van der Waals surface area contributed by atoms with Crippen molar-refractivity contribution in [3.8, 4) is 5.75 Å². The van der Waals surface area contributed by atoms with Crippen molar-refractivity contribution in [3.05, 3.63) is 96.1 Å². The average Bonchev–Trinajstić information content (AvgIpc) is 2.73. The maximum atomic E-state index is 15.5. The van der Waals surface area contributed by atoms with Crippen molar-refractivity contribution in [1.82, 2.24) is 0 Å². The van der Waals surface area contributed by atoms with Gasteiger partial charge in [-0.05, 0) is 52.1 Å². The number of hydrogen-bond donors (Lipinski definition) is 0. The number of hydrogen-bond acceptors (Lipinski definition) is 1. The molecule has 1 nitrogen and oxygen atoms in total. The van der Waals surface area contributed by atoms with E-state index in [1.165, 1.54) is 12.1 Å². The van der Waals surface area contributed by atoms with Crippen LogP contribution in [0.4, 0.5) is 17.6 Å². The van der Waals surface area contributed by atoms with Crippen molar-refractivity contribution in [3.63, 3.8) is 0 Å². The lowest BCUT2D eigenvalue weighted by molar-refractivity contribution is -0.274. The van der Waals surface area contributed by atoms with E-state index in [0.29, 0.717) is 11.8 Å². The van der Waals surface area contributed by atoms with Gasteiger partial charge in [-0.1, -0.05) is 73.7 Å². The van der Waals surface area contributed by atoms with Crippen molar-refractivity contribution < 1.29 is 22.3 Å². The van der Waals surface area contributed by atoms with Gasteiger partial charge in [-0.15, -0.1) is 13.2 Å². The lowest BCUT2D eigenvalue weighted by Crippen LogP contribution is -2.35. The van der Waals surface area contributed by atoms with Crippen molar-refractivity contribution in [1.29, 1.82) is 0 Å². The second-order valence-corrected chi connectivity index (χ2v) is 7.39. The second kappa shape index (κ2) is 7.63. The number of halogens is 4. The van der Waals surface area contributed by atoms with E-state index >= 15 is 4.39 Å². The molecular formula is C25H20F4O. The van der Waals surface area contributed by atoms with Crippen molar-refractivity contribution in [2.45, 2.75) is 31.3 Å². The van der Waals surface area contributed by atoms with E-state index in [2.05, 4.69) is 4.74 Å². The predicted molar refractivity (Wildman–Crippen MR) is 111 cm³/mol. The van der Waals surface area contributed by atoms with Crippen LogP contribution in [0.15, 0.2) is 85.0 Å². The van der Waals surface area contributed by atoms with E-state index in [4.69, 9.17) is 0 Å². The van der Waals surface area contributed by atoms with Gasteiger partial charge in [-0.3, -0.25) is 0 Å². The fourth-order valence-electron chi connectivity index (χ4n) is 4.00. The smallest absolute Gasteiger partial charge is 0.406 e. The Morgan fingerprint density at radius 3 is 2.30 bits per heavy atom. The minimum atomic E-state index is -4.74. The van der Waals surface area contributed by atoms with Crippen LogP contribution in [0.25, 0.3) is 16.3 Å². The summed E-state index contributed by atoms with van der Waals surface area (Å²) in [6.07, 6.45) is 0.0689. The third-order valence-electron chi connectivity index (χ3n) is 5.65. The Balaban J connectivity index is 1.68. The standard InChI is InChI=1S/C25H20F4O/c1-2-24(13-12-20(16-23(24)26)17-6-4-3-5-7-17)21-10-8-19-15-22(30-25(27,28)29)11-9-18(19)14-21/h3-16,23H,2H2,1H3. The number of rotatable bonds is 4. The van der Waals surface area contributed by atoms with Gasteiger partial charge < -0.3 is 4.74 Å². The van der Waals surface area contributed by atoms with E-state index in [1.54, 1.807) is 24.3 Å². The highest BCUT2D eigenvalue weighted by Gasteiger charge is 2.38. The molecule has 0 fully saturated rings. The van der Waals surface area contributed by atoms with E-state index in [1.807, 2.05) is 55.5 Å². The van der Waals surface area contributed by atoms with Crippen LogP contribution < -0.4 is 4.74 Å². The highest BCUT2D eigenvalue weighted by atomic mass is 19.4. The van der Waals surface area contributed by atoms with E-state index in [9.17, 15) is 13.2 Å². The molecule has 0 saturated carbocycles. The molecule has 0 aromatic heterocycles. The van der Waals surface area contributed by atoms with E-state index < -0.39 is 17.9 Å². The zero-order chi connectivity index (χ0) is 21.4. The Hall–Kier alpha value is -3.08. The predicted octanol–water partition coefficient (Wildman–Crippen LogP) is 7.38. The number of allylic oxidation sites excluding steroid dienone is 4. The summed E-state index contributed by atoms with van der Waals surface area (Å²) in [5.74, 6) is -0.274. The number of fused-ring (bicyclic) bond motifs is 1. The average molecular weight is 412 g/mol. The number of alkyl halides is 4. The first kappa shape index (κ1) is 20.2. The Morgan fingerprint density at radius 2 is 1.63 bits per heavy atom. The Bertz CT molecular complexity index is 1110. The fourth-order valence-corrected chi connectivity index (χ4v) is 4.00. The lowest BCUT2D eigenvalue weighted by Gasteiger charge is -2.35. The quantitative estimate of drug-likeness (QED) is 0.406. The third kappa shape index (κ3) is 3.84. The summed E-state index contributed by atoms with van der Waals surface area (Å²) in [6.45, 7) is 1.93. The zero-order valence-corrected chi connectivity index (χ0v) is 16.3. The van der Waals surface area contributed by atoms with Gasteiger partial charge in [0.15, 0.2) is 0 Å². The van der Waals surface area contributed by atoms with Gasteiger partial charge in [0.1, 0.15) is 11.9 Å². The van der Waals surface area contributed by atoms with Gasteiger partial charge in [0, 0.05) is 5.41 Å². The Kier molecular flexibility index (Phi) is 5.14. The highest BCUT2D eigenvalue weighted by molar-refractivity contribution is 5.85. The van der Waals surface area contributed by atoms with Gasteiger partial charge in [0.2, 0.25) is 0 Å². The van der Waals surface area contributed by atoms with Crippen LogP contribution in [0, 0.1) is 0 Å². The molecule has 2 unspecified atom stereocenters. The lowest BCUT2D eigenvalue weighted by atomic mass is 9.70. The monoisotopic (exact) mass is 412 g/mol. The van der Waals surface area contributed by atoms with Gasteiger partial charge >= 0.3 is 6.36 Å². The molecular weight excluding hydrogens is 392 g/mol. The molecule has 0 N–H and O–H groups in total. The molecule has 0 bridgehead atoms. The van der Waals surface area contributed by atoms with Gasteiger partial charge in [-0.2, -0.15) is 0 Å². The summed E-state index contributed by atoms with van der Waals surface area (Å²) in [5.41, 5.74) is 1.75. The molecule has 0 heterocycles. The van der Waals surface area contributed by atoms with Crippen LogP contribution in [0.5, 0.6) is 5.75 Å². The minimum absolute atomic E-state index is 0.274. The van der Waals surface area contributed by atoms with Crippen LogP contribution in [0.1, 0.15) is 24.5 Å². The minimum Gasteiger partial charge on any atom is -0.406 e. The SMILES string of the molecule is CCC1(c2ccc3cc(OC(F)(F)F)ccc3c2)C=CC(c2ccccc2)=CC1F. The first-order valence-electron chi connectivity index (χ1n) is 9.71. The van der Waals surface area contributed by atoms with Gasteiger partial charge in [0.05, 0.1) is 0 Å². The van der Waals surface area contributed by atoms with Crippen molar-refractivity contribution >= 4 is 16.3 Å². The summed E-state index contributed by atoms with van der Waals surface area (Å²) in [7, 11) is 0. The molecule has 30 heavy (non-hydrogen) atoms. The molecule has 0 radical (unpaired) electrons. The topological polar surface area (TPSA) is 9.23 Å². The molecule has 0 amide bonds. The van der Waals surface area contributed by atoms with Gasteiger partial charge in [0.25, 0.3) is 0 Å². The normalized spacial score (nSPS) is 21.5. The van der Waals surface area contributed by atoms with Crippen LogP contribution in [-0.2, 0) is 5.41 Å². The van der Waals surface area contributed by atoms with Gasteiger partial charge in [-0.25, -0.2) is 4.39 Å². The summed E-state index contributed by atoms with van der Waals surface area (Å²) < 4.78 is 56.9. The molecule has 0 spiro atoms. The molecule has 3 aromatic rings. The summed E-state index contributed by atoms with van der Waals surface area (Å²) >= 11 is 0. The third-order valence-corrected chi connectivity index (χ3v) is 5.65. The molecule has 5 heteroatoms. The first-order chi connectivity index (χ1) is 14.3. The van der Waals surface area contributed by atoms with E-state index in [-0.39, 0.29) is 5.75 Å². The summed E-state index contributed by atoms with van der Waals surface area (Å²) in [6, 6.07) is 19.1. The second-order valence-electron chi connectivity index (χ2n) is 7.39. The zero-order valence-electron chi connectivity index (χ0n) is 16.3. The fraction of sp³-hybridized carbons (Fsp3) is 0.200. The Morgan fingerprint density at radius 1 is 0.933 bits per heavy atom. The van der Waals surface area contributed by atoms with E-state index in [0.717, 1.165) is 22.1 Å². The summed E-state index contributed by atoms with van der Waals surface area (Å²) in [5, 5.41) is 1.33. The summed E-state index contributed by atoms with van der Waals surface area (Å²) in [4.78, 5) is 0. The van der Waals surface area contributed by atoms with Crippen molar-refractivity contribution in [2.75, 3.05) is 0 Å². The maximum Gasteiger partial charge on any atom is 0.573 e. The van der Waals surface area contributed by atoms with Crippen LogP contribution in [0.2, 0.25) is 0 Å². The van der Waals surface area contributed by atoms with Crippen LogP contribution in [0.3, 0.4) is 0 Å². The van der Waals surface area contributed by atoms with Crippen molar-refractivity contribution in [2.24, 2.45) is 0 Å². The number of ether oxygens (including phenoxy) is 1. The van der Waals surface area contributed by atoms with Crippen LogP contribution in [-0.4, -0.2) is 12.5 Å².